The summed E-state index contributed by atoms with van der Waals surface area (Å²) in [6.45, 7) is 2.53. The number of hydrogen-bond donors (Lipinski definition) is 0. The van der Waals surface area contributed by atoms with Gasteiger partial charge in [-0.15, -0.1) is 0 Å². The Bertz CT molecular complexity index is 630. The monoisotopic (exact) mass is 269 g/mol. The number of ether oxygens (including phenoxy) is 1. The van der Waals surface area contributed by atoms with Crippen LogP contribution in [-0.4, -0.2) is 23.0 Å². The van der Waals surface area contributed by atoms with Crippen LogP contribution in [0.15, 0.2) is 36.5 Å². The Labute approximate surface area is 119 Å². The molecule has 1 aliphatic carbocycles. The molecule has 0 bridgehead atoms. The Hall–Kier alpha value is -1.74. The first kappa shape index (κ1) is 13.3. The molecule has 3 heteroatoms. The average Bonchev–Trinajstić information content (AvgIpc) is 2.96. The Balaban J connectivity index is 1.98. The zero-order valence-electron chi connectivity index (χ0n) is 11.8. The van der Waals surface area contributed by atoms with Gasteiger partial charge in [0.15, 0.2) is 5.78 Å². The van der Waals surface area contributed by atoms with E-state index in [0.29, 0.717) is 12.2 Å². The van der Waals surface area contributed by atoms with E-state index in [2.05, 4.69) is 4.98 Å². The summed E-state index contributed by atoms with van der Waals surface area (Å²) in [5, 5.41) is 1.00. The number of hydrogen-bond acceptors (Lipinski definition) is 3. The molecule has 1 heterocycles. The third-order valence-corrected chi connectivity index (χ3v) is 4.10. The van der Waals surface area contributed by atoms with Crippen molar-refractivity contribution in [1.29, 1.82) is 0 Å². The minimum Gasteiger partial charge on any atom is -0.367 e. The number of aromatic nitrogens is 1. The number of para-hydroxylation sites is 1. The zero-order valence-corrected chi connectivity index (χ0v) is 11.8. The van der Waals surface area contributed by atoms with Crippen LogP contribution in [0, 0.1) is 0 Å². The maximum Gasteiger partial charge on any atom is 0.196 e. The van der Waals surface area contributed by atoms with E-state index < -0.39 is 5.60 Å². The summed E-state index contributed by atoms with van der Waals surface area (Å²) >= 11 is 0. The van der Waals surface area contributed by atoms with Crippen LogP contribution in [0.3, 0.4) is 0 Å². The fourth-order valence-electron chi connectivity index (χ4n) is 3.12. The minimum absolute atomic E-state index is 0.0927. The molecule has 20 heavy (non-hydrogen) atoms. The number of nitrogens with zero attached hydrogens (tertiary/aromatic N) is 1. The highest BCUT2D eigenvalue weighted by molar-refractivity contribution is 6.04. The molecule has 3 nitrogen and oxygen atoms in total. The number of pyridine rings is 1. The van der Waals surface area contributed by atoms with Gasteiger partial charge >= 0.3 is 0 Å². The molecule has 1 aromatic heterocycles. The van der Waals surface area contributed by atoms with E-state index >= 15 is 0 Å². The summed E-state index contributed by atoms with van der Waals surface area (Å²) in [5.74, 6) is 0.0927. The van der Waals surface area contributed by atoms with Crippen molar-refractivity contribution in [2.45, 2.75) is 38.2 Å². The quantitative estimate of drug-likeness (QED) is 0.793. The van der Waals surface area contributed by atoms with Gasteiger partial charge in [-0.1, -0.05) is 18.2 Å². The molecule has 104 valence electrons. The number of benzene rings is 1. The SMILES string of the molecule is CCOC1(C(=O)c2cnc3ccccc3c2)CCCC1. The Morgan fingerprint density at radius 2 is 2.05 bits per heavy atom. The summed E-state index contributed by atoms with van der Waals surface area (Å²) in [4.78, 5) is 17.2. The molecule has 0 spiro atoms. The summed E-state index contributed by atoms with van der Waals surface area (Å²) in [7, 11) is 0. The minimum atomic E-state index is -0.612. The van der Waals surface area contributed by atoms with Crippen molar-refractivity contribution in [1.82, 2.24) is 4.98 Å². The standard InChI is InChI=1S/C17H19NO2/c1-2-20-17(9-5-6-10-17)16(19)14-11-13-7-3-4-8-15(13)18-12-14/h3-4,7-8,11-12H,2,5-6,9-10H2,1H3. The molecule has 0 N–H and O–H groups in total. The molecule has 1 fully saturated rings. The molecular formula is C17H19NO2. The molecule has 2 aromatic rings. The van der Waals surface area contributed by atoms with Gasteiger partial charge in [-0.2, -0.15) is 0 Å². The van der Waals surface area contributed by atoms with Gasteiger partial charge in [-0.05, 0) is 44.7 Å². The smallest absolute Gasteiger partial charge is 0.196 e. The average molecular weight is 269 g/mol. The van der Waals surface area contributed by atoms with Crippen LogP contribution in [0.2, 0.25) is 0 Å². The van der Waals surface area contributed by atoms with Crippen molar-refractivity contribution in [3.63, 3.8) is 0 Å². The zero-order chi connectivity index (χ0) is 14.0. The van der Waals surface area contributed by atoms with Crippen molar-refractivity contribution in [2.24, 2.45) is 0 Å². The predicted molar refractivity (Wildman–Crippen MR) is 78.9 cm³/mol. The van der Waals surface area contributed by atoms with Crippen LogP contribution >= 0.6 is 0 Å². The number of carbonyl (C=O) groups excluding carboxylic acids is 1. The largest absolute Gasteiger partial charge is 0.367 e. The van der Waals surface area contributed by atoms with Gasteiger partial charge < -0.3 is 4.74 Å². The summed E-state index contributed by atoms with van der Waals surface area (Å²) in [5.41, 5.74) is 0.971. The molecule has 0 saturated heterocycles. The van der Waals surface area contributed by atoms with E-state index in [1.165, 1.54) is 0 Å². The molecule has 0 amide bonds. The highest BCUT2D eigenvalue weighted by Gasteiger charge is 2.42. The summed E-state index contributed by atoms with van der Waals surface area (Å²) in [6, 6.07) is 9.80. The Morgan fingerprint density at radius 1 is 1.30 bits per heavy atom. The van der Waals surface area contributed by atoms with Crippen LogP contribution in [0.5, 0.6) is 0 Å². The van der Waals surface area contributed by atoms with Gasteiger partial charge in [-0.3, -0.25) is 9.78 Å². The van der Waals surface area contributed by atoms with E-state index in [1.807, 2.05) is 37.3 Å². The summed E-state index contributed by atoms with van der Waals surface area (Å²) < 4.78 is 5.84. The van der Waals surface area contributed by atoms with Crippen molar-refractivity contribution >= 4 is 16.7 Å². The van der Waals surface area contributed by atoms with Crippen LogP contribution in [0.25, 0.3) is 10.9 Å². The molecule has 0 aliphatic heterocycles. The highest BCUT2D eigenvalue weighted by Crippen LogP contribution is 2.36. The van der Waals surface area contributed by atoms with E-state index in [1.54, 1.807) is 6.20 Å². The second-order valence-electron chi connectivity index (χ2n) is 5.38. The van der Waals surface area contributed by atoms with Gasteiger partial charge in [-0.25, -0.2) is 0 Å². The molecule has 0 atom stereocenters. The van der Waals surface area contributed by atoms with Gasteiger partial charge in [0.25, 0.3) is 0 Å². The van der Waals surface area contributed by atoms with E-state index in [9.17, 15) is 4.79 Å². The van der Waals surface area contributed by atoms with Crippen molar-refractivity contribution in [2.75, 3.05) is 6.61 Å². The van der Waals surface area contributed by atoms with Crippen LogP contribution in [0.4, 0.5) is 0 Å². The van der Waals surface area contributed by atoms with Crippen molar-refractivity contribution in [3.05, 3.63) is 42.1 Å². The first-order chi connectivity index (χ1) is 9.75. The molecule has 0 radical (unpaired) electrons. The van der Waals surface area contributed by atoms with Crippen LogP contribution < -0.4 is 0 Å². The Morgan fingerprint density at radius 3 is 2.80 bits per heavy atom. The van der Waals surface area contributed by atoms with E-state index in [-0.39, 0.29) is 5.78 Å². The van der Waals surface area contributed by atoms with Gasteiger partial charge in [0.1, 0.15) is 5.60 Å². The summed E-state index contributed by atoms with van der Waals surface area (Å²) in [6.07, 6.45) is 5.46. The lowest BCUT2D eigenvalue weighted by Crippen LogP contribution is -2.39. The molecule has 0 unspecified atom stereocenters. The fourth-order valence-corrected chi connectivity index (χ4v) is 3.12. The lowest BCUT2D eigenvalue weighted by molar-refractivity contribution is -0.0163. The van der Waals surface area contributed by atoms with Gasteiger partial charge in [0.2, 0.25) is 0 Å². The first-order valence-corrected chi connectivity index (χ1v) is 7.29. The number of rotatable bonds is 4. The second-order valence-corrected chi connectivity index (χ2v) is 5.38. The molecule has 1 saturated carbocycles. The van der Waals surface area contributed by atoms with Gasteiger partial charge in [0.05, 0.1) is 5.52 Å². The molecule has 1 aliphatic rings. The number of fused-ring (bicyclic) bond motifs is 1. The third-order valence-electron chi connectivity index (χ3n) is 4.10. The van der Waals surface area contributed by atoms with E-state index in [0.717, 1.165) is 36.6 Å². The molecular weight excluding hydrogens is 250 g/mol. The number of Topliss-reactive ketones (excluding diaryl/α,β-unsaturated/α-hetero) is 1. The van der Waals surface area contributed by atoms with Crippen molar-refractivity contribution in [3.8, 4) is 0 Å². The third kappa shape index (κ3) is 2.22. The lowest BCUT2D eigenvalue weighted by atomic mass is 9.91. The van der Waals surface area contributed by atoms with Crippen LogP contribution in [-0.2, 0) is 4.74 Å². The highest BCUT2D eigenvalue weighted by atomic mass is 16.5. The molecule has 3 rings (SSSR count). The molecule has 1 aromatic carbocycles. The Kier molecular flexibility index (Phi) is 3.53. The maximum absolute atomic E-state index is 12.8. The topological polar surface area (TPSA) is 39.2 Å². The normalized spacial score (nSPS) is 17.4. The number of carbonyl (C=O) groups is 1. The van der Waals surface area contributed by atoms with Gasteiger partial charge in [0, 0.05) is 23.8 Å². The fraction of sp³-hybridized carbons (Fsp3) is 0.412. The van der Waals surface area contributed by atoms with Crippen molar-refractivity contribution < 1.29 is 9.53 Å². The maximum atomic E-state index is 12.8. The van der Waals surface area contributed by atoms with Crippen LogP contribution in [0.1, 0.15) is 43.0 Å². The predicted octanol–water partition coefficient (Wildman–Crippen LogP) is 3.77. The van der Waals surface area contributed by atoms with E-state index in [4.69, 9.17) is 4.74 Å². The first-order valence-electron chi connectivity index (χ1n) is 7.29. The number of ketones is 1. The lowest BCUT2D eigenvalue weighted by Gasteiger charge is -2.27. The second kappa shape index (κ2) is 5.33.